The van der Waals surface area contributed by atoms with E-state index in [2.05, 4.69) is 41.8 Å². The summed E-state index contributed by atoms with van der Waals surface area (Å²) in [6.07, 6.45) is 0. The molecule has 18 heavy (non-hydrogen) atoms. The van der Waals surface area contributed by atoms with Crippen molar-refractivity contribution in [1.29, 1.82) is 0 Å². The maximum atomic E-state index is 6.21. The molecule has 0 aliphatic carbocycles. The molecule has 0 spiro atoms. The lowest BCUT2D eigenvalue weighted by atomic mass is 10.2. The van der Waals surface area contributed by atoms with E-state index < -0.39 is 0 Å². The maximum absolute atomic E-state index is 6.21. The number of nitrogens with zero attached hydrogens (tertiary/aromatic N) is 2. The normalized spacial score (nSPS) is 13.7. The zero-order valence-corrected chi connectivity index (χ0v) is 13.8. The van der Waals surface area contributed by atoms with Crippen molar-refractivity contribution in [2.45, 2.75) is 11.5 Å². The highest BCUT2D eigenvalue weighted by atomic mass is 79.9. The van der Waals surface area contributed by atoms with Crippen LogP contribution in [-0.4, -0.2) is 9.97 Å². The summed E-state index contributed by atoms with van der Waals surface area (Å²) in [6, 6.07) is 5.94. The smallest absolute Gasteiger partial charge is 0.161 e. The van der Waals surface area contributed by atoms with Crippen LogP contribution < -0.4 is 0 Å². The molecule has 1 aliphatic heterocycles. The van der Waals surface area contributed by atoms with Crippen LogP contribution in [0.15, 0.2) is 27.1 Å². The number of hydrogen-bond acceptors (Lipinski definition) is 3. The molecule has 0 bridgehead atoms. The van der Waals surface area contributed by atoms with Crippen LogP contribution in [-0.2, 0) is 11.5 Å². The van der Waals surface area contributed by atoms with E-state index in [0.29, 0.717) is 11.0 Å². The number of hydrogen-bond donors (Lipinski definition) is 0. The Bertz CT molecular complexity index is 634. The van der Waals surface area contributed by atoms with Gasteiger partial charge in [0.1, 0.15) is 5.15 Å². The number of aromatic nitrogens is 2. The molecular formula is C12H7Br2ClN2S. The van der Waals surface area contributed by atoms with Crippen LogP contribution in [0.25, 0.3) is 11.4 Å². The number of thioether (sulfide) groups is 1. The van der Waals surface area contributed by atoms with E-state index in [1.165, 1.54) is 0 Å². The van der Waals surface area contributed by atoms with Crippen molar-refractivity contribution in [3.8, 4) is 11.4 Å². The average Bonchev–Trinajstić information content (AvgIpc) is 2.81. The van der Waals surface area contributed by atoms with Crippen molar-refractivity contribution in [3.63, 3.8) is 0 Å². The Kier molecular flexibility index (Phi) is 3.67. The Labute approximate surface area is 131 Å². The van der Waals surface area contributed by atoms with Crippen molar-refractivity contribution in [2.75, 3.05) is 0 Å². The van der Waals surface area contributed by atoms with Gasteiger partial charge in [0.25, 0.3) is 0 Å². The quantitative estimate of drug-likeness (QED) is 0.619. The largest absolute Gasteiger partial charge is 0.232 e. The van der Waals surface area contributed by atoms with Crippen LogP contribution in [0.2, 0.25) is 5.15 Å². The van der Waals surface area contributed by atoms with Crippen molar-refractivity contribution in [1.82, 2.24) is 9.97 Å². The van der Waals surface area contributed by atoms with E-state index in [0.717, 1.165) is 37.3 Å². The predicted molar refractivity (Wildman–Crippen MR) is 82.9 cm³/mol. The second kappa shape index (κ2) is 5.12. The molecule has 0 fully saturated rings. The lowest BCUT2D eigenvalue weighted by Gasteiger charge is -2.06. The second-order valence-electron chi connectivity index (χ2n) is 3.88. The van der Waals surface area contributed by atoms with Crippen LogP contribution in [0.4, 0.5) is 0 Å². The number of fused-ring (bicyclic) bond motifs is 1. The highest BCUT2D eigenvalue weighted by Gasteiger charge is 2.19. The molecule has 6 heteroatoms. The molecule has 1 aromatic carbocycles. The Balaban J connectivity index is 2.12. The minimum Gasteiger partial charge on any atom is -0.232 e. The zero-order valence-electron chi connectivity index (χ0n) is 9.08. The summed E-state index contributed by atoms with van der Waals surface area (Å²) < 4.78 is 1.99. The molecule has 0 saturated carbocycles. The summed E-state index contributed by atoms with van der Waals surface area (Å²) in [5, 5.41) is 0.582. The monoisotopic (exact) mass is 404 g/mol. The molecule has 1 aromatic heterocycles. The van der Waals surface area contributed by atoms with Crippen molar-refractivity contribution in [3.05, 3.63) is 43.6 Å². The van der Waals surface area contributed by atoms with E-state index in [9.17, 15) is 0 Å². The van der Waals surface area contributed by atoms with Crippen LogP contribution >= 0.6 is 55.2 Å². The standard InChI is InChI=1S/C12H7Br2ClN2S/c13-8-2-1-6(3-9(8)14)12-16-10-5-18-4-7(10)11(15)17-12/h1-3H,4-5H2. The van der Waals surface area contributed by atoms with E-state index in [1.54, 1.807) is 0 Å². The van der Waals surface area contributed by atoms with Crippen molar-refractivity contribution < 1.29 is 0 Å². The van der Waals surface area contributed by atoms with Gasteiger partial charge < -0.3 is 0 Å². The molecule has 0 amide bonds. The number of halogens is 3. The van der Waals surface area contributed by atoms with E-state index in [4.69, 9.17) is 11.6 Å². The third kappa shape index (κ3) is 2.33. The minimum atomic E-state index is 0.582. The summed E-state index contributed by atoms with van der Waals surface area (Å²) in [6.45, 7) is 0. The molecule has 92 valence electrons. The molecule has 0 atom stereocenters. The van der Waals surface area contributed by atoms with Crippen molar-refractivity contribution in [2.24, 2.45) is 0 Å². The molecule has 3 rings (SSSR count). The second-order valence-corrected chi connectivity index (χ2v) is 6.94. The Morgan fingerprint density at radius 1 is 1.11 bits per heavy atom. The first-order valence-electron chi connectivity index (χ1n) is 5.23. The van der Waals surface area contributed by atoms with Crippen molar-refractivity contribution >= 4 is 55.2 Å². The molecule has 0 radical (unpaired) electrons. The first-order chi connectivity index (χ1) is 8.65. The Hall–Kier alpha value is -0.100. The van der Waals surface area contributed by atoms with Gasteiger partial charge in [-0.05, 0) is 50.1 Å². The van der Waals surface area contributed by atoms with Gasteiger partial charge in [0, 0.05) is 31.6 Å². The highest BCUT2D eigenvalue weighted by molar-refractivity contribution is 9.13. The summed E-state index contributed by atoms with van der Waals surface area (Å²) in [7, 11) is 0. The number of rotatable bonds is 1. The molecule has 2 aromatic rings. The van der Waals surface area contributed by atoms with Crippen LogP contribution in [0.1, 0.15) is 11.3 Å². The van der Waals surface area contributed by atoms with Crippen LogP contribution in [0.3, 0.4) is 0 Å². The van der Waals surface area contributed by atoms with Crippen LogP contribution in [0, 0.1) is 0 Å². The SMILES string of the molecule is Clc1nc(-c2ccc(Br)c(Br)c2)nc2c1CSC2. The third-order valence-corrected chi connectivity index (χ3v) is 5.87. The first-order valence-corrected chi connectivity index (χ1v) is 8.35. The van der Waals surface area contributed by atoms with Gasteiger partial charge in [-0.15, -0.1) is 0 Å². The number of benzene rings is 1. The van der Waals surface area contributed by atoms with Crippen LogP contribution in [0.5, 0.6) is 0 Å². The average molecular weight is 407 g/mol. The summed E-state index contributed by atoms with van der Waals surface area (Å²) >= 11 is 15.0. The van der Waals surface area contributed by atoms with Gasteiger partial charge in [-0.25, -0.2) is 9.97 Å². The zero-order chi connectivity index (χ0) is 12.7. The summed E-state index contributed by atoms with van der Waals surface area (Å²) in [5.41, 5.74) is 3.11. The molecule has 0 N–H and O–H groups in total. The fraction of sp³-hybridized carbons (Fsp3) is 0.167. The van der Waals surface area contributed by atoms with Gasteiger partial charge in [0.15, 0.2) is 5.82 Å². The fourth-order valence-electron chi connectivity index (χ4n) is 1.78. The molecule has 2 nitrogen and oxygen atoms in total. The summed E-state index contributed by atoms with van der Waals surface area (Å²) in [5.74, 6) is 2.52. The van der Waals surface area contributed by atoms with Gasteiger partial charge in [0.2, 0.25) is 0 Å². The van der Waals surface area contributed by atoms with Gasteiger partial charge in [-0.1, -0.05) is 11.6 Å². The highest BCUT2D eigenvalue weighted by Crippen LogP contribution is 2.35. The molecule has 2 heterocycles. The maximum Gasteiger partial charge on any atom is 0.161 e. The predicted octanol–water partition coefficient (Wildman–Crippen LogP) is 5.07. The van der Waals surface area contributed by atoms with E-state index in [-0.39, 0.29) is 0 Å². The van der Waals surface area contributed by atoms with Gasteiger partial charge in [-0.2, -0.15) is 11.8 Å². The molecule has 1 aliphatic rings. The van der Waals surface area contributed by atoms with E-state index in [1.807, 2.05) is 30.0 Å². The summed E-state index contributed by atoms with van der Waals surface area (Å²) in [4.78, 5) is 8.99. The fourth-order valence-corrected chi connectivity index (χ4v) is 3.78. The molecule has 0 unspecified atom stereocenters. The van der Waals surface area contributed by atoms with E-state index >= 15 is 0 Å². The van der Waals surface area contributed by atoms with Gasteiger partial charge >= 0.3 is 0 Å². The first kappa shape index (κ1) is 12.9. The minimum absolute atomic E-state index is 0.582. The Morgan fingerprint density at radius 3 is 2.72 bits per heavy atom. The third-order valence-electron chi connectivity index (χ3n) is 2.71. The molecule has 0 saturated heterocycles. The lowest BCUT2D eigenvalue weighted by Crippen LogP contribution is -1.97. The van der Waals surface area contributed by atoms with Gasteiger partial charge in [-0.3, -0.25) is 0 Å². The van der Waals surface area contributed by atoms with Gasteiger partial charge in [0.05, 0.1) is 5.69 Å². The Morgan fingerprint density at radius 2 is 1.94 bits per heavy atom. The topological polar surface area (TPSA) is 25.8 Å². The lowest BCUT2D eigenvalue weighted by molar-refractivity contribution is 1.07. The molecular weight excluding hydrogens is 399 g/mol.